The Labute approximate surface area is 104 Å². The molecule has 1 aliphatic carbocycles. The minimum absolute atomic E-state index is 0.198. The first kappa shape index (κ1) is 14.0. The zero-order chi connectivity index (χ0) is 12.9. The first-order chi connectivity index (χ1) is 7.94. The maximum atomic E-state index is 12.7. The number of hydrogen-bond donors (Lipinski definition) is 0. The van der Waals surface area contributed by atoms with Crippen molar-refractivity contribution in [2.75, 3.05) is 6.67 Å². The molecule has 0 fully saturated rings. The highest BCUT2D eigenvalue weighted by Gasteiger charge is 2.15. The van der Waals surface area contributed by atoms with Gasteiger partial charge in [-0.1, -0.05) is 25.2 Å². The van der Waals surface area contributed by atoms with Gasteiger partial charge in [-0.05, 0) is 44.8 Å². The quantitative estimate of drug-likeness (QED) is 0.700. The van der Waals surface area contributed by atoms with Crippen molar-refractivity contribution in [2.24, 2.45) is 5.92 Å². The lowest BCUT2D eigenvalue weighted by atomic mass is 10.00. The third-order valence-electron chi connectivity index (χ3n) is 2.59. The molecular formula is C15H23FO. The minimum atomic E-state index is -0.407. The molecule has 1 unspecified atom stereocenters. The molecule has 0 N–H and O–H groups in total. The third kappa shape index (κ3) is 5.20. The Kier molecular flexibility index (Phi) is 4.98. The summed E-state index contributed by atoms with van der Waals surface area (Å²) < 4.78 is 18.6. The highest BCUT2D eigenvalue weighted by molar-refractivity contribution is 5.25. The van der Waals surface area contributed by atoms with E-state index in [0.717, 1.165) is 17.8 Å². The van der Waals surface area contributed by atoms with Crippen LogP contribution in [0.5, 0.6) is 0 Å². The second-order valence-electron chi connectivity index (χ2n) is 5.40. The van der Waals surface area contributed by atoms with E-state index in [-0.39, 0.29) is 5.60 Å². The van der Waals surface area contributed by atoms with Crippen LogP contribution in [0.1, 0.15) is 40.5 Å². The fourth-order valence-corrected chi connectivity index (χ4v) is 1.73. The highest BCUT2D eigenvalue weighted by Crippen LogP contribution is 2.23. The summed E-state index contributed by atoms with van der Waals surface area (Å²) in [6.07, 6.45) is 9.67. The van der Waals surface area contributed by atoms with Gasteiger partial charge in [0.05, 0.1) is 5.76 Å². The summed E-state index contributed by atoms with van der Waals surface area (Å²) >= 11 is 0. The van der Waals surface area contributed by atoms with Crippen LogP contribution < -0.4 is 0 Å². The number of ether oxygens (including phenoxy) is 1. The molecule has 0 aromatic carbocycles. The molecule has 2 heteroatoms. The summed E-state index contributed by atoms with van der Waals surface area (Å²) in [6.45, 7) is 7.81. The van der Waals surface area contributed by atoms with Crippen molar-refractivity contribution in [3.8, 4) is 0 Å². The first-order valence-electron chi connectivity index (χ1n) is 6.27. The minimum Gasteiger partial charge on any atom is -0.492 e. The zero-order valence-corrected chi connectivity index (χ0v) is 11.3. The van der Waals surface area contributed by atoms with Gasteiger partial charge in [-0.2, -0.15) is 0 Å². The van der Waals surface area contributed by atoms with E-state index in [1.165, 1.54) is 0 Å². The Bertz CT molecular complexity index is 331. The largest absolute Gasteiger partial charge is 0.492 e. The molecule has 1 atom stereocenters. The summed E-state index contributed by atoms with van der Waals surface area (Å²) in [4.78, 5) is 0. The van der Waals surface area contributed by atoms with E-state index in [9.17, 15) is 4.39 Å². The van der Waals surface area contributed by atoms with Gasteiger partial charge in [0.15, 0.2) is 0 Å². The van der Waals surface area contributed by atoms with E-state index in [4.69, 9.17) is 4.74 Å². The molecule has 96 valence electrons. The molecule has 0 bridgehead atoms. The topological polar surface area (TPSA) is 9.23 Å². The molecule has 1 rings (SSSR count). The Hall–Kier alpha value is -1.05. The smallest absolute Gasteiger partial charge is 0.114 e. The molecule has 1 aliphatic rings. The fraction of sp³-hybridized carbons (Fsp3) is 0.600. The van der Waals surface area contributed by atoms with Crippen LogP contribution in [0.4, 0.5) is 4.39 Å². The van der Waals surface area contributed by atoms with E-state index in [1.807, 2.05) is 32.9 Å². The lowest BCUT2D eigenvalue weighted by molar-refractivity contribution is 0.0484. The lowest BCUT2D eigenvalue weighted by Gasteiger charge is -2.24. The highest BCUT2D eigenvalue weighted by atomic mass is 19.1. The molecule has 0 heterocycles. The normalized spacial score (nSPS) is 24.4. The van der Waals surface area contributed by atoms with Crippen molar-refractivity contribution in [2.45, 2.75) is 46.1 Å². The number of allylic oxidation sites excluding steroid dienone is 5. The Balaban J connectivity index is 2.88. The number of halogens is 1. The molecule has 0 aromatic rings. The maximum absolute atomic E-state index is 12.7. The monoisotopic (exact) mass is 238 g/mol. The molecule has 0 aromatic heterocycles. The molecule has 0 saturated heterocycles. The van der Waals surface area contributed by atoms with E-state index < -0.39 is 6.67 Å². The van der Waals surface area contributed by atoms with Crippen LogP contribution in [0.3, 0.4) is 0 Å². The summed E-state index contributed by atoms with van der Waals surface area (Å²) in [5.74, 6) is 1.28. The summed E-state index contributed by atoms with van der Waals surface area (Å²) in [5, 5.41) is 0. The van der Waals surface area contributed by atoms with Gasteiger partial charge in [0.1, 0.15) is 12.3 Å². The van der Waals surface area contributed by atoms with Crippen LogP contribution in [0.15, 0.2) is 35.6 Å². The van der Waals surface area contributed by atoms with Gasteiger partial charge in [-0.25, -0.2) is 4.39 Å². The average Bonchev–Trinajstić information content (AvgIpc) is 2.21. The Morgan fingerprint density at radius 1 is 1.41 bits per heavy atom. The van der Waals surface area contributed by atoms with Crippen molar-refractivity contribution in [1.29, 1.82) is 0 Å². The van der Waals surface area contributed by atoms with Gasteiger partial charge in [-0.3, -0.25) is 0 Å². The first-order valence-corrected chi connectivity index (χ1v) is 6.27. The van der Waals surface area contributed by atoms with Crippen molar-refractivity contribution < 1.29 is 9.13 Å². The molecule has 0 aliphatic heterocycles. The van der Waals surface area contributed by atoms with Crippen LogP contribution in [-0.2, 0) is 4.74 Å². The zero-order valence-electron chi connectivity index (χ0n) is 11.3. The van der Waals surface area contributed by atoms with Crippen LogP contribution in [0.2, 0.25) is 0 Å². The van der Waals surface area contributed by atoms with Crippen LogP contribution in [-0.4, -0.2) is 12.3 Å². The maximum Gasteiger partial charge on any atom is 0.114 e. The number of hydrogen-bond acceptors (Lipinski definition) is 1. The number of alkyl halides is 1. The van der Waals surface area contributed by atoms with Crippen LogP contribution in [0.25, 0.3) is 0 Å². The molecule has 0 saturated carbocycles. The van der Waals surface area contributed by atoms with E-state index in [2.05, 4.69) is 19.1 Å². The van der Waals surface area contributed by atoms with Gasteiger partial charge in [0.25, 0.3) is 0 Å². The van der Waals surface area contributed by atoms with Crippen molar-refractivity contribution >= 4 is 0 Å². The lowest BCUT2D eigenvalue weighted by Crippen LogP contribution is -2.19. The molecule has 0 radical (unpaired) electrons. The Morgan fingerprint density at radius 3 is 2.65 bits per heavy atom. The average molecular weight is 238 g/mol. The third-order valence-corrected chi connectivity index (χ3v) is 2.59. The molecular weight excluding hydrogens is 215 g/mol. The second kappa shape index (κ2) is 6.04. The molecule has 0 spiro atoms. The SMILES string of the molecule is CCC1C=C/C(CF)=C\CC(OC(C)(C)C)=C1. The number of rotatable bonds is 3. The summed E-state index contributed by atoms with van der Waals surface area (Å²) in [7, 11) is 0. The van der Waals surface area contributed by atoms with Crippen molar-refractivity contribution in [1.82, 2.24) is 0 Å². The fourth-order valence-electron chi connectivity index (χ4n) is 1.73. The summed E-state index contributed by atoms with van der Waals surface area (Å²) in [5.41, 5.74) is 0.545. The van der Waals surface area contributed by atoms with E-state index >= 15 is 0 Å². The van der Waals surface area contributed by atoms with Gasteiger partial charge >= 0.3 is 0 Å². The van der Waals surface area contributed by atoms with E-state index in [1.54, 1.807) is 0 Å². The van der Waals surface area contributed by atoms with Gasteiger partial charge in [0.2, 0.25) is 0 Å². The van der Waals surface area contributed by atoms with Crippen molar-refractivity contribution in [3.63, 3.8) is 0 Å². The summed E-state index contributed by atoms with van der Waals surface area (Å²) in [6, 6.07) is 0. The van der Waals surface area contributed by atoms with Crippen molar-refractivity contribution in [3.05, 3.63) is 35.6 Å². The van der Waals surface area contributed by atoms with Gasteiger partial charge in [-0.15, -0.1) is 0 Å². The predicted molar refractivity (Wildman–Crippen MR) is 70.5 cm³/mol. The van der Waals surface area contributed by atoms with Crippen LogP contribution in [0, 0.1) is 5.92 Å². The van der Waals surface area contributed by atoms with Gasteiger partial charge in [0, 0.05) is 6.42 Å². The van der Waals surface area contributed by atoms with Gasteiger partial charge < -0.3 is 4.74 Å². The predicted octanol–water partition coefficient (Wildman–Crippen LogP) is 4.57. The molecule has 17 heavy (non-hydrogen) atoms. The second-order valence-corrected chi connectivity index (χ2v) is 5.40. The molecule has 0 amide bonds. The molecule has 1 nitrogen and oxygen atoms in total. The van der Waals surface area contributed by atoms with Crippen LogP contribution >= 0.6 is 0 Å². The van der Waals surface area contributed by atoms with E-state index in [0.29, 0.717) is 12.3 Å². The standard InChI is InChI=1S/C15H23FO/c1-5-12-6-7-13(11-16)8-9-14(10-12)17-15(2,3)4/h6-8,10,12H,5,9,11H2,1-4H3/b7-6?,13-8+,14-10?. The Morgan fingerprint density at radius 2 is 2.12 bits per heavy atom.